The summed E-state index contributed by atoms with van der Waals surface area (Å²) in [6.45, 7) is 3.58. The Bertz CT molecular complexity index is 52.6. The number of hydrogen-bond acceptors (Lipinski definition) is 7. The maximum absolute atomic E-state index is 4.90. The van der Waals surface area contributed by atoms with Crippen molar-refractivity contribution in [3.05, 3.63) is 0 Å². The predicted octanol–water partition coefficient (Wildman–Crippen LogP) is -3.11. The van der Waals surface area contributed by atoms with Crippen molar-refractivity contribution >= 4 is 0 Å². The highest BCUT2D eigenvalue weighted by atomic mass is 15.0. The second-order valence-electron chi connectivity index (χ2n) is 3.07. The fourth-order valence-corrected chi connectivity index (χ4v) is 0. The largest absolute Gasteiger partial charge is 0.329 e. The molecular formula is C9H33N7. The van der Waals surface area contributed by atoms with E-state index >= 15 is 0 Å². The van der Waals surface area contributed by atoms with E-state index in [0.717, 1.165) is 0 Å². The van der Waals surface area contributed by atoms with Crippen molar-refractivity contribution in [1.82, 2.24) is 4.90 Å². The third kappa shape index (κ3) is 300. The average Bonchev–Trinajstić information content (AvgIpc) is 2.28. The van der Waals surface area contributed by atoms with Crippen molar-refractivity contribution in [2.24, 2.45) is 34.4 Å². The van der Waals surface area contributed by atoms with E-state index in [4.69, 9.17) is 34.4 Å². The zero-order chi connectivity index (χ0) is 13.8. The van der Waals surface area contributed by atoms with Crippen molar-refractivity contribution in [3.63, 3.8) is 0 Å². The van der Waals surface area contributed by atoms with Crippen LogP contribution in [0.25, 0.3) is 0 Å². The molecule has 0 spiro atoms. The van der Waals surface area contributed by atoms with Crippen LogP contribution in [0.1, 0.15) is 0 Å². The maximum Gasteiger partial charge on any atom is 0.00461 e. The molecule has 0 saturated carbocycles. The van der Waals surface area contributed by atoms with Gasteiger partial charge < -0.3 is 39.3 Å². The molecule has 0 radical (unpaired) electrons. The fourth-order valence-electron chi connectivity index (χ4n) is 0. The lowest BCUT2D eigenvalue weighted by Crippen LogP contribution is -2.11. The Kier molecular flexibility index (Phi) is 56.5. The number of hydrogen-bond donors (Lipinski definition) is 6. The van der Waals surface area contributed by atoms with Gasteiger partial charge in [0.2, 0.25) is 0 Å². The van der Waals surface area contributed by atoms with Gasteiger partial charge >= 0.3 is 0 Å². The maximum atomic E-state index is 4.90. The monoisotopic (exact) mass is 239 g/mol. The summed E-state index contributed by atoms with van der Waals surface area (Å²) >= 11 is 0. The standard InChI is InChI=1S/C3H9N.3C2H8N2/c1-4(2)3;3*3-1-2-4/h1-3H3;3*1-4H2. The molecule has 0 amide bonds. The lowest BCUT2D eigenvalue weighted by Gasteiger charge is -1.90. The molecule has 0 atom stereocenters. The third-order valence-corrected chi connectivity index (χ3v) is 0.500. The minimum atomic E-state index is 0.597. The predicted molar refractivity (Wildman–Crippen MR) is 73.9 cm³/mol. The minimum Gasteiger partial charge on any atom is -0.329 e. The molecule has 0 rings (SSSR count). The summed E-state index contributed by atoms with van der Waals surface area (Å²) in [7, 11) is 6.00. The summed E-state index contributed by atoms with van der Waals surface area (Å²) in [4.78, 5) is 2.00. The third-order valence-electron chi connectivity index (χ3n) is 0.500. The van der Waals surface area contributed by atoms with Gasteiger partial charge in [0.1, 0.15) is 0 Å². The minimum absolute atomic E-state index is 0.597. The molecule has 0 aliphatic carbocycles. The Hall–Kier alpha value is -0.280. The highest BCUT2D eigenvalue weighted by Crippen LogP contribution is 1.47. The second-order valence-corrected chi connectivity index (χ2v) is 3.07. The summed E-state index contributed by atoms with van der Waals surface area (Å²) in [6, 6.07) is 0. The molecule has 0 heterocycles. The molecule has 0 aromatic heterocycles. The van der Waals surface area contributed by atoms with Gasteiger partial charge in [0.15, 0.2) is 0 Å². The summed E-state index contributed by atoms with van der Waals surface area (Å²) in [5.41, 5.74) is 29.4. The van der Waals surface area contributed by atoms with Crippen LogP contribution >= 0.6 is 0 Å². The van der Waals surface area contributed by atoms with E-state index in [1.807, 2.05) is 26.0 Å². The van der Waals surface area contributed by atoms with Gasteiger partial charge in [0, 0.05) is 39.3 Å². The van der Waals surface area contributed by atoms with Gasteiger partial charge in [-0.05, 0) is 21.1 Å². The van der Waals surface area contributed by atoms with E-state index in [1.54, 1.807) is 0 Å². The Morgan fingerprint density at radius 1 is 0.500 bits per heavy atom. The van der Waals surface area contributed by atoms with E-state index in [9.17, 15) is 0 Å². The first kappa shape index (κ1) is 24.8. The molecule has 104 valence electrons. The molecule has 0 aromatic rings. The van der Waals surface area contributed by atoms with E-state index in [-0.39, 0.29) is 0 Å². The smallest absolute Gasteiger partial charge is 0.00461 e. The lowest BCUT2D eigenvalue weighted by atomic mass is 10.7. The lowest BCUT2D eigenvalue weighted by molar-refractivity contribution is 0.505. The Morgan fingerprint density at radius 3 is 0.562 bits per heavy atom. The van der Waals surface area contributed by atoms with Crippen LogP contribution in [-0.2, 0) is 0 Å². The van der Waals surface area contributed by atoms with Crippen LogP contribution in [-0.4, -0.2) is 65.3 Å². The number of rotatable bonds is 3. The van der Waals surface area contributed by atoms with Crippen LogP contribution in [0.4, 0.5) is 0 Å². The Labute approximate surface area is 100 Å². The van der Waals surface area contributed by atoms with Gasteiger partial charge in [-0.25, -0.2) is 0 Å². The highest BCUT2D eigenvalue weighted by Gasteiger charge is 1.58. The molecule has 0 unspecified atom stereocenters. The summed E-state index contributed by atoms with van der Waals surface area (Å²) < 4.78 is 0. The molecule has 16 heavy (non-hydrogen) atoms. The van der Waals surface area contributed by atoms with Crippen LogP contribution < -0.4 is 34.4 Å². The van der Waals surface area contributed by atoms with Gasteiger partial charge in [-0.2, -0.15) is 0 Å². The quantitative estimate of drug-likeness (QED) is 0.304. The summed E-state index contributed by atoms with van der Waals surface area (Å²) in [6.07, 6.45) is 0. The fraction of sp³-hybridized carbons (Fsp3) is 1.00. The molecule has 0 aromatic carbocycles. The zero-order valence-electron chi connectivity index (χ0n) is 11.2. The Balaban J connectivity index is -0.0000000600. The molecule has 0 bridgehead atoms. The first-order valence-electron chi connectivity index (χ1n) is 5.29. The van der Waals surface area contributed by atoms with Gasteiger partial charge in [-0.1, -0.05) is 0 Å². The SMILES string of the molecule is CN(C)C.NCCN.NCCN.NCCN. The van der Waals surface area contributed by atoms with Crippen molar-refractivity contribution in [3.8, 4) is 0 Å². The number of nitrogens with zero attached hydrogens (tertiary/aromatic N) is 1. The zero-order valence-corrected chi connectivity index (χ0v) is 11.2. The topological polar surface area (TPSA) is 159 Å². The van der Waals surface area contributed by atoms with Crippen molar-refractivity contribution in [1.29, 1.82) is 0 Å². The number of nitrogens with two attached hydrogens (primary N) is 6. The van der Waals surface area contributed by atoms with E-state index in [1.165, 1.54) is 0 Å². The van der Waals surface area contributed by atoms with Crippen molar-refractivity contribution in [2.75, 3.05) is 60.4 Å². The summed E-state index contributed by atoms with van der Waals surface area (Å²) in [5.74, 6) is 0. The molecule has 12 N–H and O–H groups in total. The normalized spacial score (nSPS) is 7.88. The van der Waals surface area contributed by atoms with E-state index in [0.29, 0.717) is 39.3 Å². The van der Waals surface area contributed by atoms with Gasteiger partial charge in [0.05, 0.1) is 0 Å². The van der Waals surface area contributed by atoms with Crippen molar-refractivity contribution < 1.29 is 0 Å². The summed E-state index contributed by atoms with van der Waals surface area (Å²) in [5, 5.41) is 0. The first-order valence-corrected chi connectivity index (χ1v) is 5.29. The van der Waals surface area contributed by atoms with E-state index in [2.05, 4.69) is 0 Å². The highest BCUT2D eigenvalue weighted by molar-refractivity contribution is 4.26. The van der Waals surface area contributed by atoms with Crippen LogP contribution in [0.5, 0.6) is 0 Å². The van der Waals surface area contributed by atoms with Crippen LogP contribution in [0, 0.1) is 0 Å². The van der Waals surface area contributed by atoms with Gasteiger partial charge in [0.25, 0.3) is 0 Å². The van der Waals surface area contributed by atoms with Gasteiger partial charge in [-0.15, -0.1) is 0 Å². The molecule has 0 fully saturated rings. The average molecular weight is 239 g/mol. The Morgan fingerprint density at radius 2 is 0.562 bits per heavy atom. The van der Waals surface area contributed by atoms with Crippen molar-refractivity contribution in [2.45, 2.75) is 0 Å². The molecule has 0 saturated heterocycles. The van der Waals surface area contributed by atoms with Gasteiger partial charge in [-0.3, -0.25) is 0 Å². The van der Waals surface area contributed by atoms with Crippen LogP contribution in [0.2, 0.25) is 0 Å². The molecule has 7 nitrogen and oxygen atoms in total. The van der Waals surface area contributed by atoms with E-state index < -0.39 is 0 Å². The molecular weight excluding hydrogens is 206 g/mol. The van der Waals surface area contributed by atoms with Crippen LogP contribution in [0.15, 0.2) is 0 Å². The molecule has 7 heteroatoms. The first-order chi connectivity index (χ1) is 7.47. The second kappa shape index (κ2) is 36.4. The van der Waals surface area contributed by atoms with Crippen LogP contribution in [0.3, 0.4) is 0 Å². The molecule has 0 aliphatic heterocycles. The molecule has 0 aliphatic rings.